The Kier molecular flexibility index (Phi) is 4.33. The molecule has 1 saturated carbocycles. The van der Waals surface area contributed by atoms with Gasteiger partial charge in [-0.3, -0.25) is 4.79 Å². The third-order valence-corrected chi connectivity index (χ3v) is 6.69. The van der Waals surface area contributed by atoms with Gasteiger partial charge < -0.3 is 9.64 Å². The molecule has 7 heteroatoms. The Balaban J connectivity index is 1.52. The smallest absolute Gasteiger partial charge is 0.240 e. The molecule has 1 N–H and O–H groups in total. The van der Waals surface area contributed by atoms with Gasteiger partial charge in [-0.2, -0.15) is 0 Å². The van der Waals surface area contributed by atoms with Crippen LogP contribution in [0.15, 0.2) is 23.1 Å². The highest BCUT2D eigenvalue weighted by Crippen LogP contribution is 2.39. The molecule has 2 fully saturated rings. The number of benzene rings is 1. The zero-order valence-corrected chi connectivity index (χ0v) is 15.2. The van der Waals surface area contributed by atoms with E-state index in [1.807, 2.05) is 11.8 Å². The largest absolute Gasteiger partial charge is 0.377 e. The number of sulfonamides is 1. The number of hydrogen-bond acceptors (Lipinski definition) is 4. The Morgan fingerprint density at radius 2 is 2.12 bits per heavy atom. The number of carbonyl (C=O) groups excluding carboxylic acids is 1. The van der Waals surface area contributed by atoms with Gasteiger partial charge in [-0.05, 0) is 62.8 Å². The lowest BCUT2D eigenvalue weighted by Crippen LogP contribution is -2.36. The van der Waals surface area contributed by atoms with Gasteiger partial charge in [-0.15, -0.1) is 0 Å². The molecule has 1 aromatic rings. The third-order valence-electron chi connectivity index (χ3n) is 5.27. The predicted octanol–water partition coefficient (Wildman–Crippen LogP) is 1.83. The fourth-order valence-electron chi connectivity index (χ4n) is 3.73. The molecule has 3 aliphatic rings. The zero-order valence-electron chi connectivity index (χ0n) is 14.4. The number of fused-ring (bicyclic) bond motifs is 1. The average molecular weight is 364 g/mol. The van der Waals surface area contributed by atoms with Gasteiger partial charge in [0.25, 0.3) is 0 Å². The second kappa shape index (κ2) is 6.37. The highest BCUT2D eigenvalue weighted by molar-refractivity contribution is 7.89. The molecule has 25 heavy (non-hydrogen) atoms. The highest BCUT2D eigenvalue weighted by Gasteiger charge is 2.39. The van der Waals surface area contributed by atoms with E-state index >= 15 is 0 Å². The lowest BCUT2D eigenvalue weighted by molar-refractivity contribution is -0.120. The van der Waals surface area contributed by atoms with Crippen molar-refractivity contribution in [3.05, 3.63) is 23.8 Å². The average Bonchev–Trinajstić information content (AvgIpc) is 3.19. The standard InChI is InChI=1S/C18H24N2O4S/c1-12-9-14-10-16(25(22,23)19-11-15-3-2-8-24-15)6-7-17(14)20(12)18(21)13-4-5-13/h6-7,10,12-13,15,19H,2-5,8-9,11H2,1H3/t12-,15-/m1/s1. The predicted molar refractivity (Wildman–Crippen MR) is 94.0 cm³/mol. The van der Waals surface area contributed by atoms with Crippen LogP contribution in [0.5, 0.6) is 0 Å². The molecule has 1 aliphatic carbocycles. The van der Waals surface area contributed by atoms with Crippen LogP contribution in [-0.4, -0.2) is 39.6 Å². The van der Waals surface area contributed by atoms with Crippen molar-refractivity contribution >= 4 is 21.6 Å². The topological polar surface area (TPSA) is 75.7 Å². The number of rotatable bonds is 5. The lowest BCUT2D eigenvalue weighted by atomic mass is 10.1. The van der Waals surface area contributed by atoms with Gasteiger partial charge >= 0.3 is 0 Å². The molecule has 6 nitrogen and oxygen atoms in total. The molecule has 1 amide bonds. The van der Waals surface area contributed by atoms with Gasteiger partial charge in [0.2, 0.25) is 15.9 Å². The van der Waals surface area contributed by atoms with Gasteiger partial charge in [0.15, 0.2) is 0 Å². The Labute approximate surface area is 148 Å². The van der Waals surface area contributed by atoms with Crippen molar-refractivity contribution in [3.8, 4) is 0 Å². The van der Waals surface area contributed by atoms with Crippen LogP contribution in [0.4, 0.5) is 5.69 Å². The quantitative estimate of drug-likeness (QED) is 0.865. The minimum Gasteiger partial charge on any atom is -0.377 e. The van der Waals surface area contributed by atoms with Crippen molar-refractivity contribution in [1.82, 2.24) is 4.72 Å². The van der Waals surface area contributed by atoms with E-state index in [-0.39, 0.29) is 28.9 Å². The second-order valence-electron chi connectivity index (χ2n) is 7.31. The summed E-state index contributed by atoms with van der Waals surface area (Å²) in [5.41, 5.74) is 1.80. The maximum atomic E-state index is 12.6. The number of amides is 1. The molecule has 136 valence electrons. The maximum absolute atomic E-state index is 12.6. The highest BCUT2D eigenvalue weighted by atomic mass is 32.2. The van der Waals surface area contributed by atoms with E-state index in [2.05, 4.69) is 4.72 Å². The molecule has 1 saturated heterocycles. The fourth-order valence-corrected chi connectivity index (χ4v) is 4.85. The van der Waals surface area contributed by atoms with Gasteiger partial charge in [0, 0.05) is 30.8 Å². The molecule has 2 aliphatic heterocycles. The summed E-state index contributed by atoms with van der Waals surface area (Å²) in [7, 11) is -3.56. The Hall–Kier alpha value is -1.44. The van der Waals surface area contributed by atoms with Crippen molar-refractivity contribution in [3.63, 3.8) is 0 Å². The van der Waals surface area contributed by atoms with E-state index in [0.717, 1.165) is 36.9 Å². The molecule has 4 rings (SSSR count). The summed E-state index contributed by atoms with van der Waals surface area (Å²) in [5.74, 6) is 0.336. The maximum Gasteiger partial charge on any atom is 0.240 e. The normalized spacial score (nSPS) is 26.0. The third kappa shape index (κ3) is 3.32. The number of nitrogens with one attached hydrogen (secondary N) is 1. The second-order valence-corrected chi connectivity index (χ2v) is 9.08. The molecule has 0 bridgehead atoms. The first-order chi connectivity index (χ1) is 12.0. The molecule has 0 aromatic heterocycles. The monoisotopic (exact) mass is 364 g/mol. The van der Waals surface area contributed by atoms with Crippen LogP contribution in [0.25, 0.3) is 0 Å². The Morgan fingerprint density at radius 3 is 2.80 bits per heavy atom. The van der Waals surface area contributed by atoms with Crippen LogP contribution in [0.3, 0.4) is 0 Å². The first-order valence-corrected chi connectivity index (χ1v) is 10.5. The molecular formula is C18H24N2O4S. The zero-order chi connectivity index (χ0) is 17.6. The van der Waals surface area contributed by atoms with Crippen molar-refractivity contribution in [2.45, 2.75) is 56.1 Å². The first kappa shape index (κ1) is 17.0. The van der Waals surface area contributed by atoms with Crippen LogP contribution >= 0.6 is 0 Å². The van der Waals surface area contributed by atoms with Gasteiger partial charge in [0.1, 0.15) is 0 Å². The van der Waals surface area contributed by atoms with Crippen molar-refractivity contribution in [2.24, 2.45) is 5.92 Å². The van der Waals surface area contributed by atoms with Crippen LogP contribution < -0.4 is 9.62 Å². The van der Waals surface area contributed by atoms with Crippen LogP contribution in [0.1, 0.15) is 38.2 Å². The number of nitrogens with zero attached hydrogens (tertiary/aromatic N) is 1. The summed E-state index contributed by atoms with van der Waals surface area (Å²) in [6.07, 6.45) is 4.48. The summed E-state index contributed by atoms with van der Waals surface area (Å²) in [6, 6.07) is 5.17. The van der Waals surface area contributed by atoms with E-state index in [1.165, 1.54) is 0 Å². The number of ether oxygens (including phenoxy) is 1. The number of anilines is 1. The van der Waals surface area contributed by atoms with Crippen molar-refractivity contribution in [1.29, 1.82) is 0 Å². The Morgan fingerprint density at radius 1 is 1.32 bits per heavy atom. The SMILES string of the molecule is C[C@@H]1Cc2cc(S(=O)(=O)NC[C@H]3CCCO3)ccc2N1C(=O)C1CC1. The molecule has 2 heterocycles. The van der Waals surface area contributed by atoms with Gasteiger partial charge in [-0.25, -0.2) is 13.1 Å². The lowest BCUT2D eigenvalue weighted by Gasteiger charge is -2.22. The molecule has 0 radical (unpaired) electrons. The van der Waals surface area contributed by atoms with E-state index < -0.39 is 10.0 Å². The minimum absolute atomic E-state index is 0.0316. The van der Waals surface area contributed by atoms with Crippen LogP contribution in [0.2, 0.25) is 0 Å². The summed E-state index contributed by atoms with van der Waals surface area (Å²) < 4.78 is 33.2. The molecule has 1 aromatic carbocycles. The molecular weight excluding hydrogens is 340 g/mol. The van der Waals surface area contributed by atoms with E-state index in [1.54, 1.807) is 18.2 Å². The Bertz CT molecular complexity index is 782. The minimum atomic E-state index is -3.56. The molecule has 2 atom stereocenters. The summed E-state index contributed by atoms with van der Waals surface area (Å²) in [4.78, 5) is 14.6. The van der Waals surface area contributed by atoms with Gasteiger partial charge in [0.05, 0.1) is 11.0 Å². The van der Waals surface area contributed by atoms with Crippen LogP contribution in [-0.2, 0) is 26.0 Å². The van der Waals surface area contributed by atoms with E-state index in [4.69, 9.17) is 4.74 Å². The number of hydrogen-bond donors (Lipinski definition) is 1. The fraction of sp³-hybridized carbons (Fsp3) is 0.611. The van der Waals surface area contributed by atoms with Crippen molar-refractivity contribution in [2.75, 3.05) is 18.1 Å². The van der Waals surface area contributed by atoms with Gasteiger partial charge in [-0.1, -0.05) is 0 Å². The van der Waals surface area contributed by atoms with Crippen molar-refractivity contribution < 1.29 is 17.9 Å². The van der Waals surface area contributed by atoms with E-state index in [9.17, 15) is 13.2 Å². The number of carbonyl (C=O) groups is 1. The van der Waals surface area contributed by atoms with Crippen LogP contribution in [0, 0.1) is 5.92 Å². The molecule has 0 unspecified atom stereocenters. The summed E-state index contributed by atoms with van der Waals surface area (Å²) in [5, 5.41) is 0. The molecule has 0 spiro atoms. The summed E-state index contributed by atoms with van der Waals surface area (Å²) in [6.45, 7) is 3.03. The van der Waals surface area contributed by atoms with E-state index in [0.29, 0.717) is 19.6 Å². The first-order valence-electron chi connectivity index (χ1n) is 9.03. The summed E-state index contributed by atoms with van der Waals surface area (Å²) >= 11 is 0.